The number of carbonyl (C=O) groups is 1. The lowest BCUT2D eigenvalue weighted by Crippen LogP contribution is -2.25. The molecule has 21 heavy (non-hydrogen) atoms. The molecule has 0 aliphatic carbocycles. The SMILES string of the molecule is CCCn1c(-c2ccc(C)cc2)ccc(CC(=O)Cl)c1=O. The highest BCUT2D eigenvalue weighted by molar-refractivity contribution is 6.63. The number of halogens is 1. The fraction of sp³-hybridized carbons (Fsp3) is 0.294. The van der Waals surface area contributed by atoms with Crippen LogP contribution in [0.15, 0.2) is 41.2 Å². The van der Waals surface area contributed by atoms with Crippen molar-refractivity contribution < 1.29 is 4.79 Å². The lowest BCUT2D eigenvalue weighted by molar-refractivity contribution is -0.111. The molecule has 0 atom stereocenters. The fourth-order valence-corrected chi connectivity index (χ4v) is 2.47. The summed E-state index contributed by atoms with van der Waals surface area (Å²) >= 11 is 5.40. The number of hydrogen-bond acceptors (Lipinski definition) is 2. The second kappa shape index (κ2) is 6.72. The average molecular weight is 304 g/mol. The smallest absolute Gasteiger partial charge is 0.254 e. The zero-order valence-electron chi connectivity index (χ0n) is 12.2. The first-order chi connectivity index (χ1) is 10.0. The molecule has 0 radical (unpaired) electrons. The largest absolute Gasteiger partial charge is 0.308 e. The molecule has 110 valence electrons. The standard InChI is InChI=1S/C17H18ClNO2/c1-3-10-19-15(13-6-4-12(2)5-7-13)9-8-14(17(19)21)11-16(18)20/h4-9H,3,10-11H2,1-2H3. The van der Waals surface area contributed by atoms with Crippen LogP contribution in [0, 0.1) is 6.92 Å². The summed E-state index contributed by atoms with van der Waals surface area (Å²) in [5.74, 6) is 0. The van der Waals surface area contributed by atoms with Gasteiger partial charge in [0.2, 0.25) is 5.24 Å². The Balaban J connectivity index is 2.55. The molecule has 0 aliphatic rings. The highest BCUT2D eigenvalue weighted by Crippen LogP contribution is 2.19. The average Bonchev–Trinajstić information content (AvgIpc) is 2.44. The highest BCUT2D eigenvalue weighted by atomic mass is 35.5. The van der Waals surface area contributed by atoms with Crippen molar-refractivity contribution in [1.29, 1.82) is 0 Å². The van der Waals surface area contributed by atoms with Crippen molar-refractivity contribution >= 4 is 16.8 Å². The van der Waals surface area contributed by atoms with Crippen molar-refractivity contribution in [1.82, 2.24) is 4.57 Å². The van der Waals surface area contributed by atoms with Gasteiger partial charge in [-0.2, -0.15) is 0 Å². The number of carbonyl (C=O) groups excluding carboxylic acids is 1. The number of nitrogens with zero attached hydrogens (tertiary/aromatic N) is 1. The molecule has 0 saturated carbocycles. The van der Waals surface area contributed by atoms with E-state index in [-0.39, 0.29) is 12.0 Å². The summed E-state index contributed by atoms with van der Waals surface area (Å²) in [4.78, 5) is 23.6. The van der Waals surface area contributed by atoms with Crippen molar-refractivity contribution in [2.45, 2.75) is 33.2 Å². The first kappa shape index (κ1) is 15.5. The number of rotatable bonds is 5. The van der Waals surface area contributed by atoms with E-state index in [2.05, 4.69) is 0 Å². The van der Waals surface area contributed by atoms with Crippen LogP contribution in [0.3, 0.4) is 0 Å². The lowest BCUT2D eigenvalue weighted by Gasteiger charge is -2.14. The Morgan fingerprint density at radius 1 is 1.14 bits per heavy atom. The predicted molar refractivity (Wildman–Crippen MR) is 85.7 cm³/mol. The molecule has 1 aromatic heterocycles. The van der Waals surface area contributed by atoms with Gasteiger partial charge in [-0.1, -0.05) is 42.8 Å². The van der Waals surface area contributed by atoms with E-state index in [0.717, 1.165) is 17.7 Å². The molecular formula is C17H18ClNO2. The first-order valence-corrected chi connectivity index (χ1v) is 7.38. The van der Waals surface area contributed by atoms with Gasteiger partial charge in [0, 0.05) is 12.1 Å². The molecule has 1 heterocycles. The number of benzene rings is 1. The summed E-state index contributed by atoms with van der Waals surface area (Å²) < 4.78 is 1.72. The maximum atomic E-state index is 12.5. The molecule has 0 saturated heterocycles. The summed E-state index contributed by atoms with van der Waals surface area (Å²) in [6.07, 6.45) is 0.815. The van der Waals surface area contributed by atoms with E-state index in [4.69, 9.17) is 11.6 Å². The molecule has 4 heteroatoms. The van der Waals surface area contributed by atoms with Crippen LogP contribution in [0.1, 0.15) is 24.5 Å². The number of aromatic nitrogens is 1. The van der Waals surface area contributed by atoms with Crippen molar-refractivity contribution in [3.8, 4) is 11.3 Å². The van der Waals surface area contributed by atoms with Gasteiger partial charge >= 0.3 is 0 Å². The third kappa shape index (κ3) is 3.61. The number of aryl methyl sites for hydroxylation is 1. The van der Waals surface area contributed by atoms with Crippen molar-refractivity contribution in [3.63, 3.8) is 0 Å². The summed E-state index contributed by atoms with van der Waals surface area (Å²) in [6, 6.07) is 11.6. The van der Waals surface area contributed by atoms with E-state index >= 15 is 0 Å². The molecule has 0 fully saturated rings. The second-order valence-electron chi connectivity index (χ2n) is 5.10. The molecule has 2 aromatic rings. The molecule has 0 aliphatic heterocycles. The molecule has 0 bridgehead atoms. The van der Waals surface area contributed by atoms with Gasteiger partial charge in [-0.15, -0.1) is 0 Å². The Hall–Kier alpha value is -1.87. The first-order valence-electron chi connectivity index (χ1n) is 7.01. The zero-order valence-corrected chi connectivity index (χ0v) is 13.0. The van der Waals surface area contributed by atoms with Crippen LogP contribution in [-0.2, 0) is 17.8 Å². The van der Waals surface area contributed by atoms with Gasteiger partial charge in [-0.05, 0) is 36.6 Å². The second-order valence-corrected chi connectivity index (χ2v) is 5.52. The Morgan fingerprint density at radius 3 is 2.38 bits per heavy atom. The maximum absolute atomic E-state index is 12.5. The van der Waals surface area contributed by atoms with Gasteiger partial charge < -0.3 is 4.57 Å². The number of hydrogen-bond donors (Lipinski definition) is 0. The van der Waals surface area contributed by atoms with E-state index in [1.54, 1.807) is 10.6 Å². The Morgan fingerprint density at radius 2 is 1.81 bits per heavy atom. The van der Waals surface area contributed by atoms with Crippen molar-refractivity contribution in [3.05, 3.63) is 57.9 Å². The third-order valence-corrected chi connectivity index (χ3v) is 3.51. The van der Waals surface area contributed by atoms with E-state index in [9.17, 15) is 9.59 Å². The van der Waals surface area contributed by atoms with Crippen molar-refractivity contribution in [2.75, 3.05) is 0 Å². The van der Waals surface area contributed by atoms with E-state index in [1.165, 1.54) is 5.56 Å². The van der Waals surface area contributed by atoms with Gasteiger partial charge in [-0.25, -0.2) is 0 Å². The van der Waals surface area contributed by atoms with Gasteiger partial charge in [0.15, 0.2) is 0 Å². The predicted octanol–water partition coefficient (Wildman–Crippen LogP) is 3.54. The topological polar surface area (TPSA) is 39.1 Å². The van der Waals surface area contributed by atoms with E-state index < -0.39 is 5.24 Å². The summed E-state index contributed by atoms with van der Waals surface area (Å²) in [7, 11) is 0. The van der Waals surface area contributed by atoms with Crippen LogP contribution >= 0.6 is 11.6 Å². The molecule has 0 spiro atoms. The summed E-state index contributed by atoms with van der Waals surface area (Å²) in [5, 5.41) is -0.516. The molecule has 3 nitrogen and oxygen atoms in total. The minimum Gasteiger partial charge on any atom is -0.308 e. The van der Waals surface area contributed by atoms with Gasteiger partial charge in [-0.3, -0.25) is 9.59 Å². The zero-order chi connectivity index (χ0) is 15.4. The van der Waals surface area contributed by atoms with Crippen LogP contribution < -0.4 is 5.56 Å². The Kier molecular flexibility index (Phi) is 4.97. The van der Waals surface area contributed by atoms with Crippen LogP contribution in [0.4, 0.5) is 0 Å². The van der Waals surface area contributed by atoms with E-state index in [1.807, 2.05) is 44.2 Å². The molecule has 0 unspecified atom stereocenters. The van der Waals surface area contributed by atoms with Crippen LogP contribution in [-0.4, -0.2) is 9.81 Å². The summed E-state index contributed by atoms with van der Waals surface area (Å²) in [6.45, 7) is 4.66. The Bertz CT molecular complexity index is 702. The molecular weight excluding hydrogens is 286 g/mol. The van der Waals surface area contributed by atoms with E-state index in [0.29, 0.717) is 12.1 Å². The molecule has 1 aromatic carbocycles. The summed E-state index contributed by atoms with van der Waals surface area (Å²) in [5.41, 5.74) is 3.35. The monoisotopic (exact) mass is 303 g/mol. The highest BCUT2D eigenvalue weighted by Gasteiger charge is 2.11. The quantitative estimate of drug-likeness (QED) is 0.793. The normalized spacial score (nSPS) is 10.6. The maximum Gasteiger partial charge on any atom is 0.254 e. The third-order valence-electron chi connectivity index (χ3n) is 3.38. The molecule has 2 rings (SSSR count). The van der Waals surface area contributed by atoms with Crippen LogP contribution in [0.2, 0.25) is 0 Å². The minimum atomic E-state index is -0.516. The Labute approximate surface area is 129 Å². The van der Waals surface area contributed by atoms with Gasteiger partial charge in [0.05, 0.1) is 12.1 Å². The molecule has 0 N–H and O–H groups in total. The van der Waals surface area contributed by atoms with Gasteiger partial charge in [0.1, 0.15) is 0 Å². The minimum absolute atomic E-state index is 0.0295. The van der Waals surface area contributed by atoms with Crippen LogP contribution in [0.25, 0.3) is 11.3 Å². The fourth-order valence-electron chi connectivity index (χ4n) is 2.33. The van der Waals surface area contributed by atoms with Crippen molar-refractivity contribution in [2.24, 2.45) is 0 Å². The number of pyridine rings is 1. The van der Waals surface area contributed by atoms with Gasteiger partial charge in [0.25, 0.3) is 5.56 Å². The molecule has 0 amide bonds. The van der Waals surface area contributed by atoms with Crippen LogP contribution in [0.5, 0.6) is 0 Å². The lowest BCUT2D eigenvalue weighted by atomic mass is 10.1.